The van der Waals surface area contributed by atoms with Gasteiger partial charge in [0.2, 0.25) is 0 Å². The molecule has 2 atom stereocenters. The maximum atomic E-state index is 12.6. The van der Waals surface area contributed by atoms with Crippen LogP contribution in [0.2, 0.25) is 0 Å². The van der Waals surface area contributed by atoms with Gasteiger partial charge in [0.1, 0.15) is 5.75 Å². The van der Waals surface area contributed by atoms with Gasteiger partial charge >= 0.3 is 0 Å². The zero-order valence-corrected chi connectivity index (χ0v) is 17.9. The summed E-state index contributed by atoms with van der Waals surface area (Å²) >= 11 is 0. The van der Waals surface area contributed by atoms with Gasteiger partial charge in [-0.1, -0.05) is 13.8 Å². The number of benzene rings is 1. The number of piperidine rings is 1. The van der Waals surface area contributed by atoms with Crippen molar-refractivity contribution in [2.24, 2.45) is 11.1 Å². The molecule has 2 unspecified atom stereocenters. The number of nitrogens with zero attached hydrogens (tertiary/aromatic N) is 2. The molecule has 0 spiro atoms. The van der Waals surface area contributed by atoms with Gasteiger partial charge in [-0.25, -0.2) is 0 Å². The molecule has 1 saturated heterocycles. The summed E-state index contributed by atoms with van der Waals surface area (Å²) in [6.07, 6.45) is 3.25. The monoisotopic (exact) mass is 389 g/mol. The van der Waals surface area contributed by atoms with E-state index >= 15 is 0 Å². The van der Waals surface area contributed by atoms with E-state index < -0.39 is 0 Å². The summed E-state index contributed by atoms with van der Waals surface area (Å²) in [5, 5.41) is 0. The molecular formula is C22H35N3O3. The van der Waals surface area contributed by atoms with Crippen LogP contribution in [0, 0.1) is 5.41 Å². The van der Waals surface area contributed by atoms with Crippen molar-refractivity contribution < 1.29 is 14.3 Å². The lowest BCUT2D eigenvalue weighted by Crippen LogP contribution is -2.49. The van der Waals surface area contributed by atoms with Crippen molar-refractivity contribution in [3.63, 3.8) is 0 Å². The Bertz CT molecular complexity index is 662. The molecule has 6 heteroatoms. The number of ether oxygens (including phenoxy) is 1. The normalized spacial score (nSPS) is 20.0. The third kappa shape index (κ3) is 5.71. The highest BCUT2D eigenvalue weighted by molar-refractivity contribution is 5.94. The molecule has 0 aliphatic carbocycles. The lowest BCUT2D eigenvalue weighted by atomic mass is 9.93. The zero-order chi connectivity index (χ0) is 20.9. The van der Waals surface area contributed by atoms with Crippen LogP contribution in [0.5, 0.6) is 5.75 Å². The summed E-state index contributed by atoms with van der Waals surface area (Å²) in [6, 6.07) is 7.47. The Hall–Kier alpha value is -2.08. The van der Waals surface area contributed by atoms with E-state index in [1.165, 1.54) is 6.42 Å². The second-order valence-electron chi connectivity index (χ2n) is 8.77. The first kappa shape index (κ1) is 22.2. The quantitative estimate of drug-likeness (QED) is 0.778. The van der Waals surface area contributed by atoms with Crippen LogP contribution in [0.15, 0.2) is 24.3 Å². The van der Waals surface area contributed by atoms with Crippen LogP contribution in [0.25, 0.3) is 0 Å². The van der Waals surface area contributed by atoms with E-state index in [4.69, 9.17) is 10.5 Å². The van der Waals surface area contributed by atoms with Crippen LogP contribution in [0.1, 0.15) is 57.3 Å². The summed E-state index contributed by atoms with van der Waals surface area (Å²) in [5.74, 6) is 0.552. The molecule has 1 aliphatic heterocycles. The minimum atomic E-state index is -0.128. The second kappa shape index (κ2) is 9.41. The molecule has 0 radical (unpaired) electrons. The summed E-state index contributed by atoms with van der Waals surface area (Å²) < 4.78 is 5.68. The van der Waals surface area contributed by atoms with Crippen LogP contribution < -0.4 is 10.5 Å². The fourth-order valence-electron chi connectivity index (χ4n) is 3.83. The highest BCUT2D eigenvalue weighted by Gasteiger charge is 2.29. The summed E-state index contributed by atoms with van der Waals surface area (Å²) in [6.45, 7) is 9.38. The van der Waals surface area contributed by atoms with E-state index in [-0.39, 0.29) is 35.9 Å². The predicted octanol–water partition coefficient (Wildman–Crippen LogP) is 2.91. The van der Waals surface area contributed by atoms with Gasteiger partial charge < -0.3 is 20.3 Å². The minimum Gasteiger partial charge on any atom is -0.484 e. The zero-order valence-electron chi connectivity index (χ0n) is 17.9. The van der Waals surface area contributed by atoms with E-state index in [1.54, 1.807) is 36.2 Å². The standard InChI is InChI=1S/C22H35N3O3/c1-16-7-6-8-17(2)25(16)20(26)13-28-19-11-9-18(10-12-19)21(27)24(5)15-22(3,4)14-23/h9-12,16-17H,6-8,13-15,23H2,1-5H3. The Kier molecular flexibility index (Phi) is 7.47. The lowest BCUT2D eigenvalue weighted by Gasteiger charge is -2.38. The van der Waals surface area contributed by atoms with Crippen molar-refractivity contribution in [3.8, 4) is 5.75 Å². The largest absolute Gasteiger partial charge is 0.484 e. The summed E-state index contributed by atoms with van der Waals surface area (Å²) in [5.41, 5.74) is 6.22. The van der Waals surface area contributed by atoms with Crippen LogP contribution in [0.4, 0.5) is 0 Å². The number of nitrogens with two attached hydrogens (primary N) is 1. The molecule has 1 fully saturated rings. The van der Waals surface area contributed by atoms with Crippen molar-refractivity contribution in [1.82, 2.24) is 9.80 Å². The molecule has 1 aliphatic rings. The SMILES string of the molecule is CC1CCCC(C)N1C(=O)COc1ccc(C(=O)N(C)CC(C)(C)CN)cc1. The van der Waals surface area contributed by atoms with E-state index in [9.17, 15) is 9.59 Å². The molecule has 28 heavy (non-hydrogen) atoms. The minimum absolute atomic E-state index is 0.0172. The molecule has 1 aromatic carbocycles. The summed E-state index contributed by atoms with van der Waals surface area (Å²) in [4.78, 5) is 28.8. The first-order chi connectivity index (χ1) is 13.1. The maximum Gasteiger partial charge on any atom is 0.260 e. The number of carbonyl (C=O) groups excluding carboxylic acids is 2. The van der Waals surface area contributed by atoms with Gasteiger partial charge in [0.15, 0.2) is 6.61 Å². The number of carbonyl (C=O) groups is 2. The number of likely N-dealkylation sites (tertiary alicyclic amines) is 1. The van der Waals surface area contributed by atoms with Gasteiger partial charge in [-0.2, -0.15) is 0 Å². The molecule has 1 aromatic rings. The van der Waals surface area contributed by atoms with E-state index in [1.807, 2.05) is 18.7 Å². The molecule has 1 heterocycles. The van der Waals surface area contributed by atoms with Crippen molar-refractivity contribution in [2.45, 2.75) is 59.0 Å². The molecule has 2 amide bonds. The van der Waals surface area contributed by atoms with Gasteiger partial charge in [0.25, 0.3) is 11.8 Å². The van der Waals surface area contributed by atoms with E-state index in [2.05, 4.69) is 13.8 Å². The second-order valence-corrected chi connectivity index (χ2v) is 8.77. The van der Waals surface area contributed by atoms with Crippen LogP contribution in [-0.2, 0) is 4.79 Å². The van der Waals surface area contributed by atoms with E-state index in [0.717, 1.165) is 12.8 Å². The van der Waals surface area contributed by atoms with Crippen molar-refractivity contribution >= 4 is 11.8 Å². The Morgan fingerprint density at radius 2 is 1.75 bits per heavy atom. The van der Waals surface area contributed by atoms with Gasteiger partial charge in [-0.15, -0.1) is 0 Å². The molecule has 2 rings (SSSR count). The maximum absolute atomic E-state index is 12.6. The Balaban J connectivity index is 1.92. The number of hydrogen-bond donors (Lipinski definition) is 1. The van der Waals surface area contributed by atoms with Crippen molar-refractivity contribution in [3.05, 3.63) is 29.8 Å². The van der Waals surface area contributed by atoms with E-state index in [0.29, 0.717) is 24.4 Å². The first-order valence-corrected chi connectivity index (χ1v) is 10.1. The van der Waals surface area contributed by atoms with Gasteiger partial charge in [0.05, 0.1) is 0 Å². The Morgan fingerprint density at radius 3 is 2.29 bits per heavy atom. The first-order valence-electron chi connectivity index (χ1n) is 10.1. The molecule has 6 nitrogen and oxygen atoms in total. The van der Waals surface area contributed by atoms with Gasteiger partial charge in [0, 0.05) is 31.2 Å². The van der Waals surface area contributed by atoms with Crippen LogP contribution in [-0.4, -0.2) is 60.4 Å². The number of hydrogen-bond acceptors (Lipinski definition) is 4. The third-order valence-electron chi connectivity index (χ3n) is 5.51. The topological polar surface area (TPSA) is 75.9 Å². The third-order valence-corrected chi connectivity index (χ3v) is 5.51. The number of amides is 2. The van der Waals surface area contributed by atoms with Gasteiger partial charge in [-0.3, -0.25) is 9.59 Å². The highest BCUT2D eigenvalue weighted by Crippen LogP contribution is 2.23. The lowest BCUT2D eigenvalue weighted by molar-refractivity contribution is -0.139. The molecule has 2 N–H and O–H groups in total. The molecule has 156 valence electrons. The van der Waals surface area contributed by atoms with Gasteiger partial charge in [-0.05, 0) is 69.3 Å². The molecular weight excluding hydrogens is 354 g/mol. The summed E-state index contributed by atoms with van der Waals surface area (Å²) in [7, 11) is 1.78. The predicted molar refractivity (Wildman–Crippen MR) is 111 cm³/mol. The Labute approximate surface area is 169 Å². The number of rotatable bonds is 7. The highest BCUT2D eigenvalue weighted by atomic mass is 16.5. The van der Waals surface area contributed by atoms with Crippen molar-refractivity contribution in [2.75, 3.05) is 26.7 Å². The van der Waals surface area contributed by atoms with Crippen LogP contribution in [0.3, 0.4) is 0 Å². The van der Waals surface area contributed by atoms with Crippen LogP contribution >= 0.6 is 0 Å². The van der Waals surface area contributed by atoms with Crippen molar-refractivity contribution in [1.29, 1.82) is 0 Å². The fourth-order valence-corrected chi connectivity index (χ4v) is 3.83. The average molecular weight is 390 g/mol. The smallest absolute Gasteiger partial charge is 0.260 e. The fraction of sp³-hybridized carbons (Fsp3) is 0.636. The Morgan fingerprint density at radius 1 is 1.18 bits per heavy atom. The average Bonchev–Trinajstić information content (AvgIpc) is 2.65. The molecule has 0 saturated carbocycles. The molecule has 0 aromatic heterocycles. The molecule has 0 bridgehead atoms.